The van der Waals surface area contributed by atoms with Crippen LogP contribution in [0.1, 0.15) is 95.9 Å². The minimum absolute atomic E-state index is 0. The Bertz CT molecular complexity index is 160. The topological polar surface area (TPSA) is 39.3 Å². The zero-order valence-corrected chi connectivity index (χ0v) is 28.6. The van der Waals surface area contributed by atoms with Crippen molar-refractivity contribution < 1.29 is 65.4 Å². The molecule has 33 heavy (non-hydrogen) atoms. The third kappa shape index (κ3) is 60.5. The summed E-state index contributed by atoms with van der Waals surface area (Å²) in [5.74, 6) is 0. The van der Waals surface area contributed by atoms with Gasteiger partial charge >= 0.3 is 0 Å². The van der Waals surface area contributed by atoms with E-state index >= 15 is 0 Å². The van der Waals surface area contributed by atoms with Crippen LogP contribution in [0.5, 0.6) is 0 Å². The summed E-state index contributed by atoms with van der Waals surface area (Å²) in [5.41, 5.74) is 0. The molecular weight excluding hydrogens is 558 g/mol. The Morgan fingerprint density at radius 3 is 0.879 bits per heavy atom. The van der Waals surface area contributed by atoms with Crippen molar-refractivity contribution in [3.8, 4) is 0 Å². The smallest absolute Gasteiger partial charge is 0 e. The third-order valence-corrected chi connectivity index (χ3v) is 3.60. The van der Waals surface area contributed by atoms with Gasteiger partial charge in [0.2, 0.25) is 0 Å². The van der Waals surface area contributed by atoms with Crippen LogP contribution in [0.15, 0.2) is 0 Å². The first-order valence-electron chi connectivity index (χ1n) is 12.5. The number of nitrogens with one attached hydrogen (secondary N) is 3. The molecule has 0 aromatic heterocycles. The first-order chi connectivity index (χ1) is 14.4. The van der Waals surface area contributed by atoms with Gasteiger partial charge in [0.1, 0.15) is 0 Å². The fraction of sp³-hybridized carbons (Fsp3) is 0.852. The number of rotatable bonds is 0. The second-order valence-electron chi connectivity index (χ2n) is 5.68. The van der Waals surface area contributed by atoms with E-state index in [9.17, 15) is 0 Å². The van der Waals surface area contributed by atoms with Gasteiger partial charge in [0.05, 0.1) is 0 Å². The maximum Gasteiger partial charge on any atom is 0 e. The fourth-order valence-corrected chi connectivity index (χ4v) is 2.25. The molecule has 2 radical (unpaired) electrons. The van der Waals surface area contributed by atoms with Crippen molar-refractivity contribution in [2.75, 3.05) is 59.4 Å². The maximum atomic E-state index is 3.17. The Labute approximate surface area is 264 Å². The molecule has 3 N–H and O–H groups in total. The van der Waals surface area contributed by atoms with Gasteiger partial charge in [0.25, 0.3) is 0 Å². The van der Waals surface area contributed by atoms with Gasteiger partial charge in [-0.25, -0.2) is 0 Å². The van der Waals surface area contributed by atoms with Crippen molar-refractivity contribution >= 4 is 0 Å². The molecule has 4 aliphatic heterocycles. The van der Waals surface area contributed by atoms with E-state index in [-0.39, 0.29) is 80.3 Å². The average molecular weight is 625 g/mol. The van der Waals surface area contributed by atoms with Gasteiger partial charge in [0, 0.05) is 65.4 Å². The van der Waals surface area contributed by atoms with Crippen LogP contribution in [0.25, 0.3) is 0 Å². The molecule has 0 aliphatic carbocycles. The van der Waals surface area contributed by atoms with Crippen molar-refractivity contribution in [1.29, 1.82) is 0 Å². The molecule has 4 saturated heterocycles. The molecule has 4 aliphatic rings. The molecule has 4 nitrogen and oxygen atoms in total. The number of hydrogen-bond donors (Lipinski definition) is 3. The van der Waals surface area contributed by atoms with E-state index in [1.54, 1.807) is 0 Å². The molecule has 0 atom stereocenters. The van der Waals surface area contributed by atoms with Gasteiger partial charge in [-0.1, -0.05) is 70.2 Å². The Morgan fingerprint density at radius 2 is 0.818 bits per heavy atom. The summed E-state index contributed by atoms with van der Waals surface area (Å²) in [6.45, 7) is 25.4. The van der Waals surface area contributed by atoms with Gasteiger partial charge in [-0.05, 0) is 33.2 Å². The van der Waals surface area contributed by atoms with Crippen molar-refractivity contribution in [3.63, 3.8) is 0 Å². The first-order valence-corrected chi connectivity index (χ1v) is 12.5. The molecule has 4 fully saturated rings. The molecule has 0 spiro atoms. The van der Waals surface area contributed by atoms with E-state index in [0.717, 1.165) is 19.6 Å². The van der Waals surface area contributed by atoms with Crippen LogP contribution in [-0.4, -0.2) is 64.3 Å². The van der Waals surface area contributed by atoms with Crippen molar-refractivity contribution in [3.05, 3.63) is 25.7 Å². The summed E-state index contributed by atoms with van der Waals surface area (Å²) in [4.78, 5) is 2.31. The van der Waals surface area contributed by atoms with Crippen molar-refractivity contribution in [1.82, 2.24) is 20.9 Å². The molecule has 0 aromatic carbocycles. The molecule has 0 amide bonds. The molecule has 0 unspecified atom stereocenters. The van der Waals surface area contributed by atoms with E-state index < -0.39 is 0 Å². The Kier molecular flexibility index (Phi) is 108. The Balaban J connectivity index is -0.0000000370. The Hall–Kier alpha value is 2.05. The summed E-state index contributed by atoms with van der Waals surface area (Å²) in [7, 11) is 2.14. The SMILES string of the molecule is C.C.CC.CC.CC.CC.CN1C[CH-]CC1.[CH-]1CCNC1.[CH-]1CCNC1.[CH-]1CCNC1.[Y].[Y]. The summed E-state index contributed by atoms with van der Waals surface area (Å²) in [6, 6.07) is 0. The third-order valence-electron chi connectivity index (χ3n) is 3.60. The van der Waals surface area contributed by atoms with E-state index in [0.29, 0.717) is 0 Å². The van der Waals surface area contributed by atoms with E-state index in [2.05, 4.69) is 53.6 Å². The zero-order valence-electron chi connectivity index (χ0n) is 22.9. The van der Waals surface area contributed by atoms with Crippen LogP contribution in [0, 0.1) is 25.7 Å². The molecule has 6 heteroatoms. The average Bonchev–Trinajstić information content (AvgIpc) is 3.64. The van der Waals surface area contributed by atoms with Gasteiger partial charge in [-0.15, -0.1) is 26.2 Å². The maximum absolute atomic E-state index is 3.17. The fourth-order valence-electron chi connectivity index (χ4n) is 2.25. The Morgan fingerprint density at radius 1 is 0.515 bits per heavy atom. The molecule has 4 rings (SSSR count). The quantitative estimate of drug-likeness (QED) is 0.271. The van der Waals surface area contributed by atoms with Crippen LogP contribution in [0.3, 0.4) is 0 Å². The van der Waals surface area contributed by atoms with Gasteiger partial charge in [-0.2, -0.15) is 25.7 Å². The van der Waals surface area contributed by atoms with Crippen LogP contribution in [0.4, 0.5) is 0 Å². The van der Waals surface area contributed by atoms with Crippen LogP contribution in [-0.2, 0) is 65.4 Å². The minimum atomic E-state index is 0. The molecular formula is C27H66N4Y2-4. The number of hydrogen-bond acceptors (Lipinski definition) is 4. The van der Waals surface area contributed by atoms with Crippen molar-refractivity contribution in [2.24, 2.45) is 0 Å². The monoisotopic (exact) mass is 624 g/mol. The predicted octanol–water partition coefficient (Wildman–Crippen LogP) is 6.45. The second kappa shape index (κ2) is 64.3. The normalized spacial score (nSPS) is 16.3. The molecule has 0 aromatic rings. The van der Waals surface area contributed by atoms with E-state index in [1.807, 2.05) is 55.4 Å². The first kappa shape index (κ1) is 55.5. The van der Waals surface area contributed by atoms with E-state index in [1.165, 1.54) is 58.4 Å². The predicted molar refractivity (Wildman–Crippen MR) is 151 cm³/mol. The summed E-state index contributed by atoms with van der Waals surface area (Å²) in [6.07, 6.45) is 14.1. The summed E-state index contributed by atoms with van der Waals surface area (Å²) < 4.78 is 0. The van der Waals surface area contributed by atoms with E-state index in [4.69, 9.17) is 0 Å². The van der Waals surface area contributed by atoms with Gasteiger partial charge < -0.3 is 46.5 Å². The molecule has 4 heterocycles. The summed E-state index contributed by atoms with van der Waals surface area (Å²) >= 11 is 0. The van der Waals surface area contributed by atoms with Crippen molar-refractivity contribution in [2.45, 2.75) is 95.9 Å². The molecule has 204 valence electrons. The number of nitrogens with zero attached hydrogens (tertiary/aromatic N) is 1. The van der Waals surface area contributed by atoms with Gasteiger partial charge in [0.15, 0.2) is 0 Å². The summed E-state index contributed by atoms with van der Waals surface area (Å²) in [5, 5.41) is 9.50. The molecule has 0 saturated carbocycles. The van der Waals surface area contributed by atoms with Gasteiger partial charge in [-0.3, -0.25) is 0 Å². The minimum Gasteiger partial charge on any atom is -0.349 e. The number of likely N-dealkylation sites (tertiary alicyclic amines) is 1. The largest absolute Gasteiger partial charge is 0.349 e. The second-order valence-corrected chi connectivity index (χ2v) is 5.68. The van der Waals surface area contributed by atoms with Crippen LogP contribution < -0.4 is 16.0 Å². The van der Waals surface area contributed by atoms with Crippen LogP contribution >= 0.6 is 0 Å². The zero-order chi connectivity index (χ0) is 23.0. The standard InChI is InChI=1S/C5H10N.3C4H8N.4C2H6.2CH4.2Y/c1-6-4-2-3-5-6;3*1-2-4-5-3-1;4*1-2;;;;/h2H,3-5H2,1H3;3*1,5H,2-4H2;4*1-2H3;2*1H4;;/q4*-1;;;;;;;;. The molecule has 0 bridgehead atoms. The van der Waals surface area contributed by atoms with Crippen LogP contribution in [0.2, 0.25) is 0 Å².